The van der Waals surface area contributed by atoms with Crippen molar-refractivity contribution in [2.45, 2.75) is 58.0 Å². The number of amides is 1. The van der Waals surface area contributed by atoms with Gasteiger partial charge in [-0.1, -0.05) is 19.1 Å². The van der Waals surface area contributed by atoms with Gasteiger partial charge in [0.1, 0.15) is 5.75 Å². The Morgan fingerprint density at radius 2 is 2.00 bits per heavy atom. The predicted molar refractivity (Wildman–Crippen MR) is 101 cm³/mol. The average Bonchev–Trinajstić information content (AvgIpc) is 3.06. The molecule has 0 aliphatic heterocycles. The molecule has 0 saturated heterocycles. The van der Waals surface area contributed by atoms with Crippen LogP contribution in [0.15, 0.2) is 24.3 Å². The quantitative estimate of drug-likeness (QED) is 0.632. The average molecular weight is 355 g/mol. The minimum atomic E-state index is 0. The molecule has 0 unspecified atom stereocenters. The van der Waals surface area contributed by atoms with Crippen LogP contribution in [0.5, 0.6) is 5.75 Å². The Kier molecular flexibility index (Phi) is 10.5. The lowest BCUT2D eigenvalue weighted by Gasteiger charge is -2.13. The summed E-state index contributed by atoms with van der Waals surface area (Å²) in [6.07, 6.45) is 7.67. The van der Waals surface area contributed by atoms with E-state index in [9.17, 15) is 4.79 Å². The van der Waals surface area contributed by atoms with Crippen LogP contribution in [-0.4, -0.2) is 31.6 Å². The summed E-state index contributed by atoms with van der Waals surface area (Å²) in [5.74, 6) is 1.06. The molecule has 136 valence electrons. The van der Waals surface area contributed by atoms with Gasteiger partial charge in [0.2, 0.25) is 5.91 Å². The third-order valence-corrected chi connectivity index (χ3v) is 4.19. The van der Waals surface area contributed by atoms with E-state index in [1.807, 2.05) is 12.1 Å². The number of halogens is 1. The number of hydrogen-bond donors (Lipinski definition) is 2. The van der Waals surface area contributed by atoms with Crippen LogP contribution in [0.3, 0.4) is 0 Å². The summed E-state index contributed by atoms with van der Waals surface area (Å²) in [4.78, 5) is 11.8. The number of aryl methyl sites for hydroxylation is 1. The van der Waals surface area contributed by atoms with E-state index in [0.717, 1.165) is 31.7 Å². The third-order valence-electron chi connectivity index (χ3n) is 4.19. The Labute approximate surface area is 152 Å². The minimum absolute atomic E-state index is 0. The third kappa shape index (κ3) is 8.02. The molecule has 0 aromatic heterocycles. The highest BCUT2D eigenvalue weighted by Gasteiger charge is 2.16. The number of carbonyl (C=O) groups is 1. The Morgan fingerprint density at radius 1 is 1.21 bits per heavy atom. The number of carbonyl (C=O) groups excluding carboxylic acids is 1. The monoisotopic (exact) mass is 354 g/mol. The van der Waals surface area contributed by atoms with Crippen molar-refractivity contribution in [3.05, 3.63) is 29.8 Å². The van der Waals surface area contributed by atoms with Crippen LogP contribution < -0.4 is 15.4 Å². The summed E-state index contributed by atoms with van der Waals surface area (Å²) in [6.45, 7) is 4.67. The second kappa shape index (κ2) is 12.2. The maximum atomic E-state index is 11.8. The first-order chi connectivity index (χ1) is 11.3. The van der Waals surface area contributed by atoms with Crippen LogP contribution in [0, 0.1) is 0 Å². The van der Waals surface area contributed by atoms with Crippen molar-refractivity contribution < 1.29 is 9.53 Å². The highest BCUT2D eigenvalue weighted by Crippen LogP contribution is 2.24. The molecular weight excluding hydrogens is 324 g/mol. The van der Waals surface area contributed by atoms with Crippen molar-refractivity contribution >= 4 is 18.3 Å². The van der Waals surface area contributed by atoms with Crippen molar-refractivity contribution in [2.75, 3.05) is 19.6 Å². The zero-order valence-electron chi connectivity index (χ0n) is 14.7. The van der Waals surface area contributed by atoms with Gasteiger partial charge in [-0.2, -0.15) is 0 Å². The molecule has 1 amide bonds. The van der Waals surface area contributed by atoms with Crippen molar-refractivity contribution in [3.63, 3.8) is 0 Å². The maximum Gasteiger partial charge on any atom is 0.220 e. The highest BCUT2D eigenvalue weighted by molar-refractivity contribution is 5.85. The van der Waals surface area contributed by atoms with Gasteiger partial charge in [-0.3, -0.25) is 4.79 Å². The van der Waals surface area contributed by atoms with E-state index < -0.39 is 0 Å². The van der Waals surface area contributed by atoms with E-state index >= 15 is 0 Å². The Hall–Kier alpha value is -1.26. The second-order valence-electron chi connectivity index (χ2n) is 6.27. The number of benzene rings is 1. The summed E-state index contributed by atoms with van der Waals surface area (Å²) in [5, 5.41) is 6.23. The Bertz CT molecular complexity index is 476. The van der Waals surface area contributed by atoms with Crippen LogP contribution in [0.25, 0.3) is 0 Å². The molecule has 1 aromatic rings. The normalized spacial score (nSPS) is 14.2. The zero-order chi connectivity index (χ0) is 16.3. The SMILES string of the molecule is CCCNCCNC(=O)CCc1cccc(OC2CCCC2)c1.Cl. The molecule has 1 aliphatic rings. The fraction of sp³-hybridized carbons (Fsp3) is 0.632. The lowest BCUT2D eigenvalue weighted by atomic mass is 10.1. The molecule has 5 heteroatoms. The molecule has 24 heavy (non-hydrogen) atoms. The molecule has 1 aliphatic carbocycles. The smallest absolute Gasteiger partial charge is 0.220 e. The van der Waals surface area contributed by atoms with E-state index in [-0.39, 0.29) is 18.3 Å². The van der Waals surface area contributed by atoms with Crippen LogP contribution in [0.4, 0.5) is 0 Å². The summed E-state index contributed by atoms with van der Waals surface area (Å²) >= 11 is 0. The van der Waals surface area contributed by atoms with E-state index in [2.05, 4.69) is 29.7 Å². The number of ether oxygens (including phenoxy) is 1. The van der Waals surface area contributed by atoms with Crippen LogP contribution in [-0.2, 0) is 11.2 Å². The molecule has 0 heterocycles. The summed E-state index contributed by atoms with van der Waals surface area (Å²) < 4.78 is 6.02. The van der Waals surface area contributed by atoms with Crippen molar-refractivity contribution in [3.8, 4) is 5.75 Å². The molecule has 0 radical (unpaired) electrons. The number of nitrogens with one attached hydrogen (secondary N) is 2. The van der Waals surface area contributed by atoms with Gasteiger partial charge >= 0.3 is 0 Å². The van der Waals surface area contributed by atoms with Crippen LogP contribution in [0.1, 0.15) is 51.0 Å². The molecule has 0 spiro atoms. The Balaban J connectivity index is 0.00000288. The summed E-state index contributed by atoms with van der Waals surface area (Å²) in [7, 11) is 0. The van der Waals surface area contributed by atoms with E-state index in [1.165, 1.54) is 31.2 Å². The van der Waals surface area contributed by atoms with E-state index in [4.69, 9.17) is 4.74 Å². The minimum Gasteiger partial charge on any atom is -0.490 e. The molecule has 1 fully saturated rings. The van der Waals surface area contributed by atoms with Crippen LogP contribution >= 0.6 is 12.4 Å². The van der Waals surface area contributed by atoms with E-state index in [0.29, 0.717) is 19.1 Å². The van der Waals surface area contributed by atoms with Gasteiger partial charge in [-0.05, 0) is 62.8 Å². The van der Waals surface area contributed by atoms with Gasteiger partial charge in [0.25, 0.3) is 0 Å². The molecule has 4 nitrogen and oxygen atoms in total. The Morgan fingerprint density at radius 3 is 2.75 bits per heavy atom. The summed E-state index contributed by atoms with van der Waals surface area (Å²) in [5.41, 5.74) is 1.17. The van der Waals surface area contributed by atoms with Crippen molar-refractivity contribution in [2.24, 2.45) is 0 Å². The summed E-state index contributed by atoms with van der Waals surface area (Å²) in [6, 6.07) is 8.18. The lowest BCUT2D eigenvalue weighted by Crippen LogP contribution is -2.32. The highest BCUT2D eigenvalue weighted by atomic mass is 35.5. The molecular formula is C19H31ClN2O2. The van der Waals surface area contributed by atoms with Gasteiger partial charge in [0.15, 0.2) is 0 Å². The van der Waals surface area contributed by atoms with Gasteiger partial charge in [-0.25, -0.2) is 0 Å². The zero-order valence-corrected chi connectivity index (χ0v) is 15.5. The van der Waals surface area contributed by atoms with Crippen molar-refractivity contribution in [1.29, 1.82) is 0 Å². The predicted octanol–water partition coefficient (Wildman–Crippen LogP) is 3.48. The standard InChI is InChI=1S/C19H30N2O2.ClH/c1-2-12-20-13-14-21-19(22)11-10-16-6-5-9-18(15-16)23-17-7-3-4-8-17;/h5-6,9,15,17,20H,2-4,7-8,10-14H2,1H3,(H,21,22);1H. The molecule has 2 rings (SSSR count). The van der Waals surface area contributed by atoms with Crippen LogP contribution in [0.2, 0.25) is 0 Å². The maximum absolute atomic E-state index is 11.8. The fourth-order valence-corrected chi connectivity index (χ4v) is 2.91. The number of hydrogen-bond acceptors (Lipinski definition) is 3. The van der Waals surface area contributed by atoms with E-state index in [1.54, 1.807) is 0 Å². The molecule has 0 atom stereocenters. The lowest BCUT2D eigenvalue weighted by molar-refractivity contribution is -0.121. The molecule has 1 saturated carbocycles. The fourth-order valence-electron chi connectivity index (χ4n) is 2.91. The van der Waals surface area contributed by atoms with Gasteiger partial charge in [0, 0.05) is 19.5 Å². The van der Waals surface area contributed by atoms with Gasteiger partial charge < -0.3 is 15.4 Å². The largest absolute Gasteiger partial charge is 0.490 e. The molecule has 2 N–H and O–H groups in total. The first-order valence-electron chi connectivity index (χ1n) is 9.01. The second-order valence-corrected chi connectivity index (χ2v) is 6.27. The number of rotatable bonds is 10. The topological polar surface area (TPSA) is 50.4 Å². The first-order valence-corrected chi connectivity index (χ1v) is 9.01. The molecule has 1 aromatic carbocycles. The first kappa shape index (κ1) is 20.8. The van der Waals surface area contributed by atoms with Gasteiger partial charge in [0.05, 0.1) is 6.10 Å². The molecule has 0 bridgehead atoms. The van der Waals surface area contributed by atoms with Crippen molar-refractivity contribution in [1.82, 2.24) is 10.6 Å². The van der Waals surface area contributed by atoms with Gasteiger partial charge in [-0.15, -0.1) is 12.4 Å².